The summed E-state index contributed by atoms with van der Waals surface area (Å²) in [6.07, 6.45) is 3.71. The standard InChI is InChI=1S/C16H21N3O/c17-14-12-16(18-15-7-2-1-6-13(14)15)20-11-5-10-19-8-3-4-9-19/h1-2,6-7,12H,3-5,8-11H2,(H2,17,18). The van der Waals surface area contributed by atoms with E-state index in [1.807, 2.05) is 30.3 Å². The second kappa shape index (κ2) is 6.09. The highest BCUT2D eigenvalue weighted by molar-refractivity contribution is 5.90. The van der Waals surface area contributed by atoms with E-state index in [2.05, 4.69) is 9.88 Å². The minimum Gasteiger partial charge on any atom is -0.478 e. The number of likely N-dealkylation sites (tertiary alicyclic amines) is 1. The Hall–Kier alpha value is -1.81. The first-order valence-corrected chi connectivity index (χ1v) is 7.33. The van der Waals surface area contributed by atoms with Crippen LogP contribution in [-0.2, 0) is 0 Å². The van der Waals surface area contributed by atoms with Gasteiger partial charge in [-0.1, -0.05) is 18.2 Å². The van der Waals surface area contributed by atoms with Gasteiger partial charge in [0.1, 0.15) is 0 Å². The molecule has 20 heavy (non-hydrogen) atoms. The van der Waals surface area contributed by atoms with Gasteiger partial charge in [-0.25, -0.2) is 4.98 Å². The fourth-order valence-corrected chi connectivity index (χ4v) is 2.72. The maximum Gasteiger partial charge on any atom is 0.215 e. The molecule has 106 valence electrons. The zero-order valence-electron chi connectivity index (χ0n) is 11.7. The van der Waals surface area contributed by atoms with E-state index in [4.69, 9.17) is 10.5 Å². The lowest BCUT2D eigenvalue weighted by atomic mass is 10.2. The van der Waals surface area contributed by atoms with Crippen LogP contribution in [0.3, 0.4) is 0 Å². The molecule has 0 bridgehead atoms. The van der Waals surface area contributed by atoms with Crippen LogP contribution >= 0.6 is 0 Å². The van der Waals surface area contributed by atoms with Crippen LogP contribution in [0, 0.1) is 0 Å². The highest BCUT2D eigenvalue weighted by Gasteiger charge is 2.10. The first-order valence-electron chi connectivity index (χ1n) is 7.33. The maximum atomic E-state index is 6.03. The first kappa shape index (κ1) is 13.2. The van der Waals surface area contributed by atoms with Crippen LogP contribution in [0.25, 0.3) is 10.9 Å². The second-order valence-corrected chi connectivity index (χ2v) is 5.32. The van der Waals surface area contributed by atoms with Crippen molar-refractivity contribution in [3.63, 3.8) is 0 Å². The summed E-state index contributed by atoms with van der Waals surface area (Å²) in [7, 11) is 0. The van der Waals surface area contributed by atoms with Gasteiger partial charge in [-0.3, -0.25) is 0 Å². The number of anilines is 1. The van der Waals surface area contributed by atoms with Gasteiger partial charge in [0, 0.05) is 23.7 Å². The largest absolute Gasteiger partial charge is 0.478 e. The van der Waals surface area contributed by atoms with E-state index in [0.717, 1.165) is 29.6 Å². The Bertz CT molecular complexity index is 579. The number of benzene rings is 1. The van der Waals surface area contributed by atoms with E-state index < -0.39 is 0 Å². The van der Waals surface area contributed by atoms with E-state index in [0.29, 0.717) is 12.5 Å². The van der Waals surface area contributed by atoms with E-state index in [1.54, 1.807) is 0 Å². The van der Waals surface area contributed by atoms with Crippen molar-refractivity contribution in [3.8, 4) is 5.88 Å². The summed E-state index contributed by atoms with van der Waals surface area (Å²) in [6, 6.07) is 9.69. The van der Waals surface area contributed by atoms with Crippen molar-refractivity contribution in [1.29, 1.82) is 0 Å². The summed E-state index contributed by atoms with van der Waals surface area (Å²) in [5, 5.41) is 0.983. The number of para-hydroxylation sites is 1. The topological polar surface area (TPSA) is 51.4 Å². The van der Waals surface area contributed by atoms with Crippen molar-refractivity contribution in [2.24, 2.45) is 0 Å². The molecule has 2 heterocycles. The third kappa shape index (κ3) is 3.02. The van der Waals surface area contributed by atoms with Crippen LogP contribution in [0.5, 0.6) is 5.88 Å². The quantitative estimate of drug-likeness (QED) is 0.849. The van der Waals surface area contributed by atoms with Crippen LogP contribution in [0.4, 0.5) is 5.69 Å². The summed E-state index contributed by atoms with van der Waals surface area (Å²) in [4.78, 5) is 6.98. The SMILES string of the molecule is Nc1cc(OCCCN2CCCC2)nc2ccccc12. The molecule has 0 saturated carbocycles. The summed E-state index contributed by atoms with van der Waals surface area (Å²) >= 11 is 0. The number of nitrogens with zero attached hydrogens (tertiary/aromatic N) is 2. The zero-order chi connectivity index (χ0) is 13.8. The number of hydrogen-bond acceptors (Lipinski definition) is 4. The summed E-state index contributed by atoms with van der Waals surface area (Å²) in [5.41, 5.74) is 7.65. The van der Waals surface area contributed by atoms with Gasteiger partial charge in [0.25, 0.3) is 0 Å². The summed E-state index contributed by atoms with van der Waals surface area (Å²) in [6.45, 7) is 4.28. The van der Waals surface area contributed by atoms with Gasteiger partial charge >= 0.3 is 0 Å². The molecule has 3 rings (SSSR count). The third-order valence-electron chi connectivity index (χ3n) is 3.79. The first-order chi connectivity index (χ1) is 9.83. The highest BCUT2D eigenvalue weighted by atomic mass is 16.5. The van der Waals surface area contributed by atoms with Crippen molar-refractivity contribution in [2.45, 2.75) is 19.3 Å². The normalized spacial score (nSPS) is 15.8. The van der Waals surface area contributed by atoms with Gasteiger partial charge in [-0.2, -0.15) is 0 Å². The Kier molecular flexibility index (Phi) is 4.02. The Morgan fingerprint density at radius 1 is 1.20 bits per heavy atom. The molecule has 1 aromatic carbocycles. The molecule has 0 radical (unpaired) electrons. The van der Waals surface area contributed by atoms with Crippen molar-refractivity contribution in [3.05, 3.63) is 30.3 Å². The minimum absolute atomic E-state index is 0.627. The van der Waals surface area contributed by atoms with Crippen LogP contribution in [0.1, 0.15) is 19.3 Å². The number of rotatable bonds is 5. The fourth-order valence-electron chi connectivity index (χ4n) is 2.72. The molecule has 1 aromatic heterocycles. The van der Waals surface area contributed by atoms with Gasteiger partial charge in [-0.15, -0.1) is 0 Å². The number of pyridine rings is 1. The van der Waals surface area contributed by atoms with Gasteiger partial charge in [-0.05, 0) is 38.4 Å². The number of hydrogen-bond donors (Lipinski definition) is 1. The lowest BCUT2D eigenvalue weighted by Gasteiger charge is -2.14. The monoisotopic (exact) mass is 271 g/mol. The van der Waals surface area contributed by atoms with Crippen molar-refractivity contribution in [1.82, 2.24) is 9.88 Å². The molecule has 0 atom stereocenters. The molecule has 0 spiro atoms. The highest BCUT2D eigenvalue weighted by Crippen LogP contribution is 2.23. The fraction of sp³-hybridized carbons (Fsp3) is 0.438. The van der Waals surface area contributed by atoms with Gasteiger partial charge in [0.15, 0.2) is 0 Å². The molecule has 0 unspecified atom stereocenters. The number of fused-ring (bicyclic) bond motifs is 1. The summed E-state index contributed by atoms with van der Waals surface area (Å²) in [5.74, 6) is 0.627. The molecule has 4 heteroatoms. The minimum atomic E-state index is 0.627. The number of nitrogen functional groups attached to an aromatic ring is 1. The molecule has 1 fully saturated rings. The zero-order valence-corrected chi connectivity index (χ0v) is 11.7. The average Bonchev–Trinajstić information content (AvgIpc) is 2.97. The lowest BCUT2D eigenvalue weighted by Crippen LogP contribution is -2.22. The van der Waals surface area contributed by atoms with E-state index in [9.17, 15) is 0 Å². The van der Waals surface area contributed by atoms with Crippen molar-refractivity contribution < 1.29 is 4.74 Å². The maximum absolute atomic E-state index is 6.03. The molecule has 0 aliphatic carbocycles. The van der Waals surface area contributed by atoms with Crippen LogP contribution in [0.15, 0.2) is 30.3 Å². The molecular formula is C16H21N3O. The van der Waals surface area contributed by atoms with E-state index in [1.165, 1.54) is 25.9 Å². The smallest absolute Gasteiger partial charge is 0.215 e. The van der Waals surface area contributed by atoms with Gasteiger partial charge in [0.05, 0.1) is 12.1 Å². The second-order valence-electron chi connectivity index (χ2n) is 5.32. The predicted octanol–water partition coefficient (Wildman–Crippen LogP) is 2.68. The predicted molar refractivity (Wildman–Crippen MR) is 81.9 cm³/mol. The molecular weight excluding hydrogens is 250 g/mol. The van der Waals surface area contributed by atoms with Crippen LogP contribution < -0.4 is 10.5 Å². The number of aromatic nitrogens is 1. The molecule has 1 aliphatic rings. The molecule has 2 N–H and O–H groups in total. The third-order valence-corrected chi connectivity index (χ3v) is 3.79. The van der Waals surface area contributed by atoms with Gasteiger partial charge in [0.2, 0.25) is 5.88 Å². The van der Waals surface area contributed by atoms with Crippen molar-refractivity contribution in [2.75, 3.05) is 32.0 Å². The molecule has 1 saturated heterocycles. The number of nitrogens with two attached hydrogens (primary N) is 1. The van der Waals surface area contributed by atoms with Crippen LogP contribution in [0.2, 0.25) is 0 Å². The Morgan fingerprint density at radius 2 is 2.00 bits per heavy atom. The van der Waals surface area contributed by atoms with E-state index in [-0.39, 0.29) is 0 Å². The lowest BCUT2D eigenvalue weighted by molar-refractivity contribution is 0.258. The molecule has 0 amide bonds. The molecule has 1 aliphatic heterocycles. The van der Waals surface area contributed by atoms with Crippen LogP contribution in [-0.4, -0.2) is 36.1 Å². The molecule has 4 nitrogen and oxygen atoms in total. The Balaban J connectivity index is 1.57. The Morgan fingerprint density at radius 3 is 2.85 bits per heavy atom. The van der Waals surface area contributed by atoms with Gasteiger partial charge < -0.3 is 15.4 Å². The van der Waals surface area contributed by atoms with E-state index >= 15 is 0 Å². The van der Waals surface area contributed by atoms with Crippen molar-refractivity contribution >= 4 is 16.6 Å². The number of ether oxygens (including phenoxy) is 1. The molecule has 2 aromatic rings. The Labute approximate surface area is 119 Å². The average molecular weight is 271 g/mol. The summed E-state index contributed by atoms with van der Waals surface area (Å²) < 4.78 is 5.74.